The number of anilines is 3. The van der Waals surface area contributed by atoms with E-state index < -0.39 is 6.09 Å². The molecular weight excluding hydrogens is 512 g/mol. The molecule has 1 unspecified atom stereocenters. The number of benzene rings is 3. The molecule has 0 spiro atoms. The number of alkyl carbamates (subject to hydrolysis) is 1. The molecule has 8 heteroatoms. The van der Waals surface area contributed by atoms with Crippen molar-refractivity contribution in [2.24, 2.45) is 0 Å². The van der Waals surface area contributed by atoms with Crippen LogP contribution >= 0.6 is 0 Å². The van der Waals surface area contributed by atoms with Gasteiger partial charge in [-0.3, -0.25) is 4.98 Å². The van der Waals surface area contributed by atoms with Crippen LogP contribution in [0.1, 0.15) is 29.8 Å². The minimum atomic E-state index is -0.428. The lowest BCUT2D eigenvalue weighted by molar-refractivity contribution is 0.139. The Morgan fingerprint density at radius 1 is 0.878 bits per heavy atom. The molecule has 1 atom stereocenters. The van der Waals surface area contributed by atoms with E-state index in [1.807, 2.05) is 42.5 Å². The Labute approximate surface area is 240 Å². The minimum absolute atomic E-state index is 0.0163. The highest BCUT2D eigenvalue weighted by atomic mass is 16.5. The zero-order valence-corrected chi connectivity index (χ0v) is 23.2. The van der Waals surface area contributed by atoms with Crippen molar-refractivity contribution in [2.75, 3.05) is 30.3 Å². The number of aromatic amines is 1. The predicted octanol–water partition coefficient (Wildman–Crippen LogP) is 6.54. The van der Waals surface area contributed by atoms with Crippen LogP contribution < -0.4 is 21.3 Å². The van der Waals surface area contributed by atoms with Gasteiger partial charge < -0.3 is 31.0 Å². The normalized spacial score (nSPS) is 11.6. The number of carbonyl (C=O) groups excluding carboxylic acids is 1. The summed E-state index contributed by atoms with van der Waals surface area (Å²) in [6.45, 7) is 4.22. The summed E-state index contributed by atoms with van der Waals surface area (Å²) in [5.74, 6) is 0. The van der Waals surface area contributed by atoms with Crippen molar-refractivity contribution in [1.82, 2.24) is 20.6 Å². The van der Waals surface area contributed by atoms with Crippen LogP contribution in [-0.2, 0) is 17.8 Å². The Morgan fingerprint density at radius 3 is 2.51 bits per heavy atom. The van der Waals surface area contributed by atoms with Gasteiger partial charge in [0, 0.05) is 66.0 Å². The summed E-state index contributed by atoms with van der Waals surface area (Å²) < 4.78 is 5.24. The van der Waals surface area contributed by atoms with Gasteiger partial charge in [0.15, 0.2) is 0 Å². The van der Waals surface area contributed by atoms with Gasteiger partial charge >= 0.3 is 6.09 Å². The van der Waals surface area contributed by atoms with E-state index in [0.717, 1.165) is 41.3 Å². The number of hydrogen-bond donors (Lipinski definition) is 5. The molecule has 5 N–H and O–H groups in total. The number of hydrogen-bond acceptors (Lipinski definition) is 6. The lowest BCUT2D eigenvalue weighted by Gasteiger charge is -2.15. The number of pyridine rings is 1. The van der Waals surface area contributed by atoms with Crippen LogP contribution in [0.5, 0.6) is 0 Å². The molecule has 210 valence electrons. The van der Waals surface area contributed by atoms with Gasteiger partial charge in [-0.15, -0.1) is 0 Å². The standard InChI is InChI=1S/C33H36N6O2/c1-24(34-19-20-37-33(40)41-23-25-7-3-2-4-8-25)32-21-29(16-18-36-32)39-28-13-11-27(12-14-28)35-17-15-26-22-38-31-10-6-5-9-30(26)31/h2-14,16,18,21-22,24,34-35,38H,15,17,19-20,23H2,1H3,(H,36,39)(H,37,40). The van der Waals surface area contributed by atoms with Crippen molar-refractivity contribution in [2.45, 2.75) is 26.0 Å². The summed E-state index contributed by atoms with van der Waals surface area (Å²) >= 11 is 0. The maximum absolute atomic E-state index is 11.9. The van der Waals surface area contributed by atoms with Crippen molar-refractivity contribution in [3.05, 3.63) is 120 Å². The van der Waals surface area contributed by atoms with E-state index in [1.54, 1.807) is 6.20 Å². The fraction of sp³-hybridized carbons (Fsp3) is 0.212. The SMILES string of the molecule is CC(NCCNC(=O)OCc1ccccc1)c1cc(Nc2ccc(NCCc3c[nH]c4ccccc34)cc2)ccn1. The van der Waals surface area contributed by atoms with E-state index in [2.05, 4.69) is 92.9 Å². The molecule has 0 bridgehead atoms. The summed E-state index contributed by atoms with van der Waals surface area (Å²) in [5, 5.41) is 14.4. The fourth-order valence-corrected chi connectivity index (χ4v) is 4.61. The Kier molecular flexibility index (Phi) is 9.47. The molecule has 2 heterocycles. The first-order chi connectivity index (χ1) is 20.1. The van der Waals surface area contributed by atoms with E-state index in [1.165, 1.54) is 16.5 Å². The number of nitrogens with one attached hydrogen (secondary N) is 5. The van der Waals surface area contributed by atoms with E-state index >= 15 is 0 Å². The molecule has 0 radical (unpaired) electrons. The second kappa shape index (κ2) is 14.0. The van der Waals surface area contributed by atoms with Crippen molar-refractivity contribution < 1.29 is 9.53 Å². The zero-order chi connectivity index (χ0) is 28.3. The molecule has 5 aromatic rings. The molecule has 0 aliphatic rings. The second-order valence-electron chi connectivity index (χ2n) is 9.87. The van der Waals surface area contributed by atoms with Gasteiger partial charge in [0.2, 0.25) is 0 Å². The smallest absolute Gasteiger partial charge is 0.407 e. The van der Waals surface area contributed by atoms with Crippen LogP contribution in [0, 0.1) is 0 Å². The van der Waals surface area contributed by atoms with Crippen molar-refractivity contribution in [1.29, 1.82) is 0 Å². The number of ether oxygens (including phenoxy) is 1. The van der Waals surface area contributed by atoms with Crippen LogP contribution in [0.3, 0.4) is 0 Å². The summed E-state index contributed by atoms with van der Waals surface area (Å²) in [4.78, 5) is 19.8. The molecular formula is C33H36N6O2. The van der Waals surface area contributed by atoms with Gasteiger partial charge in [-0.25, -0.2) is 4.79 Å². The molecule has 5 rings (SSSR count). The van der Waals surface area contributed by atoms with Gasteiger partial charge in [0.25, 0.3) is 0 Å². The third kappa shape index (κ3) is 8.09. The number of H-pyrrole nitrogens is 1. The number of amides is 1. The quantitative estimate of drug-likeness (QED) is 0.107. The van der Waals surface area contributed by atoms with Crippen LogP contribution in [0.25, 0.3) is 10.9 Å². The number of nitrogens with zero attached hydrogens (tertiary/aromatic N) is 1. The predicted molar refractivity (Wildman–Crippen MR) is 166 cm³/mol. The minimum Gasteiger partial charge on any atom is -0.445 e. The number of para-hydroxylation sites is 1. The number of rotatable bonds is 13. The zero-order valence-electron chi connectivity index (χ0n) is 23.2. The number of carbonyl (C=O) groups is 1. The second-order valence-corrected chi connectivity index (χ2v) is 9.87. The van der Waals surface area contributed by atoms with Gasteiger partial charge in [-0.1, -0.05) is 48.5 Å². The van der Waals surface area contributed by atoms with E-state index in [-0.39, 0.29) is 12.6 Å². The Balaban J connectivity index is 1.03. The monoisotopic (exact) mass is 548 g/mol. The highest BCUT2D eigenvalue weighted by Gasteiger charge is 2.09. The van der Waals surface area contributed by atoms with E-state index in [9.17, 15) is 4.79 Å². The molecule has 0 aliphatic heterocycles. The van der Waals surface area contributed by atoms with Crippen LogP contribution in [-0.4, -0.2) is 35.7 Å². The lowest BCUT2D eigenvalue weighted by atomic mass is 10.1. The van der Waals surface area contributed by atoms with Crippen LogP contribution in [0.15, 0.2) is 103 Å². The molecule has 0 fully saturated rings. The third-order valence-electron chi connectivity index (χ3n) is 6.85. The average molecular weight is 549 g/mol. The summed E-state index contributed by atoms with van der Waals surface area (Å²) in [6.07, 6.45) is 4.42. The Hall–Kier alpha value is -4.82. The van der Waals surface area contributed by atoms with Crippen molar-refractivity contribution >= 4 is 34.1 Å². The molecule has 2 aromatic heterocycles. The average Bonchev–Trinajstić information content (AvgIpc) is 3.43. The van der Waals surface area contributed by atoms with E-state index in [0.29, 0.717) is 13.1 Å². The molecule has 0 saturated carbocycles. The van der Waals surface area contributed by atoms with E-state index in [4.69, 9.17) is 4.74 Å². The fourth-order valence-electron chi connectivity index (χ4n) is 4.61. The number of aromatic nitrogens is 2. The Bertz CT molecular complexity index is 1530. The van der Waals surface area contributed by atoms with Crippen LogP contribution in [0.4, 0.5) is 21.9 Å². The topological polar surface area (TPSA) is 103 Å². The number of fused-ring (bicyclic) bond motifs is 1. The first kappa shape index (κ1) is 27.7. The molecule has 8 nitrogen and oxygen atoms in total. The first-order valence-corrected chi connectivity index (χ1v) is 13.9. The highest BCUT2D eigenvalue weighted by molar-refractivity contribution is 5.83. The largest absolute Gasteiger partial charge is 0.445 e. The van der Waals surface area contributed by atoms with Crippen molar-refractivity contribution in [3.63, 3.8) is 0 Å². The first-order valence-electron chi connectivity index (χ1n) is 13.9. The van der Waals surface area contributed by atoms with Gasteiger partial charge in [0.05, 0.1) is 5.69 Å². The highest BCUT2D eigenvalue weighted by Crippen LogP contribution is 2.22. The summed E-state index contributed by atoms with van der Waals surface area (Å²) in [5.41, 5.74) is 7.42. The molecule has 1 amide bonds. The maximum atomic E-state index is 11.9. The third-order valence-corrected chi connectivity index (χ3v) is 6.85. The lowest BCUT2D eigenvalue weighted by Crippen LogP contribution is -2.33. The summed E-state index contributed by atoms with van der Waals surface area (Å²) in [7, 11) is 0. The molecule has 41 heavy (non-hydrogen) atoms. The Morgan fingerprint density at radius 2 is 1.66 bits per heavy atom. The van der Waals surface area contributed by atoms with Gasteiger partial charge in [-0.2, -0.15) is 0 Å². The molecule has 0 aliphatic carbocycles. The summed E-state index contributed by atoms with van der Waals surface area (Å²) in [6, 6.07) is 30.3. The van der Waals surface area contributed by atoms with Crippen LogP contribution in [0.2, 0.25) is 0 Å². The van der Waals surface area contributed by atoms with Crippen molar-refractivity contribution in [3.8, 4) is 0 Å². The molecule has 0 saturated heterocycles. The maximum Gasteiger partial charge on any atom is 0.407 e. The van der Waals surface area contributed by atoms with Gasteiger partial charge in [0.1, 0.15) is 6.61 Å². The molecule has 3 aromatic carbocycles. The van der Waals surface area contributed by atoms with Gasteiger partial charge in [-0.05, 0) is 66.9 Å².